The molecule has 16 heteroatoms. The molecule has 0 aromatic carbocycles. The first-order valence-corrected chi connectivity index (χ1v) is 25.2. The third-order valence-corrected chi connectivity index (χ3v) is 19.4. The Balaban J connectivity index is 0. The largest absolute Gasteiger partial charge is 0.500 e. The van der Waals surface area contributed by atoms with Crippen LogP contribution in [-0.2, 0) is 35.4 Å². The summed E-state index contributed by atoms with van der Waals surface area (Å²) in [6, 6.07) is 2.67. The number of hydrogen-bond acceptors (Lipinski definition) is 13. The lowest BCUT2D eigenvalue weighted by molar-refractivity contribution is -0.0245. The molecule has 0 spiro atoms. The molecule has 1 heterocycles. The van der Waals surface area contributed by atoms with Gasteiger partial charge in [-0.05, 0) is 106 Å². The average Bonchev–Trinajstić information content (AvgIpc) is 3.56. The van der Waals surface area contributed by atoms with E-state index in [2.05, 4.69) is 49.0 Å². The zero-order valence-electron chi connectivity index (χ0n) is 35.6. The average molecular weight is 790 g/mol. The van der Waals surface area contributed by atoms with Crippen molar-refractivity contribution in [1.82, 2.24) is 14.4 Å². The van der Waals surface area contributed by atoms with E-state index in [9.17, 15) is 0 Å². The van der Waals surface area contributed by atoms with Gasteiger partial charge in [0.15, 0.2) is 0 Å². The van der Waals surface area contributed by atoms with Crippen molar-refractivity contribution in [2.45, 2.75) is 137 Å². The Morgan fingerprint density at radius 2 is 1.00 bits per heavy atom. The second kappa shape index (κ2) is 30.4. The van der Waals surface area contributed by atoms with E-state index in [1.807, 2.05) is 13.8 Å². The van der Waals surface area contributed by atoms with Crippen molar-refractivity contribution in [1.29, 1.82) is 0 Å². The zero-order valence-corrected chi connectivity index (χ0v) is 38.6. The van der Waals surface area contributed by atoms with E-state index >= 15 is 0 Å². The van der Waals surface area contributed by atoms with Gasteiger partial charge in [0.05, 0.1) is 24.4 Å². The maximum atomic E-state index is 8.38. The molecule has 310 valence electrons. The van der Waals surface area contributed by atoms with E-state index in [4.69, 9.17) is 45.6 Å². The molecule has 51 heavy (non-hydrogen) atoms. The molecule has 0 aliphatic carbocycles. The van der Waals surface area contributed by atoms with Crippen molar-refractivity contribution >= 4 is 26.3 Å². The molecule has 0 radical (unpaired) electrons. The molecule has 0 bridgehead atoms. The molecule has 0 amide bonds. The number of hydrogen-bond donors (Lipinski definition) is 2. The fourth-order valence-corrected chi connectivity index (χ4v) is 13.2. The number of rotatable bonds is 27. The Labute approximate surface area is 317 Å². The van der Waals surface area contributed by atoms with Gasteiger partial charge in [0.2, 0.25) is 0 Å². The van der Waals surface area contributed by atoms with Crippen LogP contribution in [0.15, 0.2) is 0 Å². The van der Waals surface area contributed by atoms with E-state index in [0.29, 0.717) is 0 Å². The van der Waals surface area contributed by atoms with Crippen LogP contribution in [0.1, 0.15) is 94.4 Å². The number of aliphatic hydroxyl groups excluding tert-OH is 2. The highest BCUT2D eigenvalue weighted by Gasteiger charge is 2.47. The minimum Gasteiger partial charge on any atom is -0.391 e. The Morgan fingerprint density at radius 3 is 1.27 bits per heavy atom. The lowest BCUT2D eigenvalue weighted by Crippen LogP contribution is -2.53. The zero-order chi connectivity index (χ0) is 39.5. The fraction of sp³-hybridized carbons (Fsp3) is 1.00. The molecule has 1 fully saturated rings. The summed E-state index contributed by atoms with van der Waals surface area (Å²) >= 11 is 0. The third-order valence-electron chi connectivity index (χ3n) is 9.86. The van der Waals surface area contributed by atoms with Gasteiger partial charge < -0.3 is 55.4 Å². The van der Waals surface area contributed by atoms with Crippen molar-refractivity contribution in [3.8, 4) is 0 Å². The summed E-state index contributed by atoms with van der Waals surface area (Å²) in [4.78, 5) is 4.80. The summed E-state index contributed by atoms with van der Waals surface area (Å²) in [5, 5.41) is 16.8. The highest BCUT2D eigenvalue weighted by atomic mass is 28.4. The van der Waals surface area contributed by atoms with Crippen molar-refractivity contribution < 1.29 is 45.6 Å². The SMILES string of the molecule is CC(O)C(C)O.CCCCN1CCC[Si]1(OC)OC.CCN(CC)CCC[Si](OC)(OC)OC(C)C(C)O[Si](CCCN(CC)CC)(OC)OC. The number of unbranched alkanes of at least 4 members (excludes halogenated alkanes) is 1. The highest BCUT2D eigenvalue weighted by Crippen LogP contribution is 2.27. The van der Waals surface area contributed by atoms with E-state index < -0.39 is 38.5 Å². The van der Waals surface area contributed by atoms with Crippen LogP contribution in [0.2, 0.25) is 18.1 Å². The lowest BCUT2D eigenvalue weighted by Gasteiger charge is -2.36. The molecule has 1 saturated heterocycles. The molecule has 1 aliphatic rings. The first-order chi connectivity index (χ1) is 24.2. The molecular weight excluding hydrogens is 707 g/mol. The Hall–Kier alpha value is 0.131. The molecule has 1 rings (SSSR count). The molecular formula is C35H83N3O10Si3. The second-order valence-electron chi connectivity index (χ2n) is 13.1. The van der Waals surface area contributed by atoms with E-state index in [0.717, 1.165) is 83.3 Å². The lowest BCUT2D eigenvalue weighted by atomic mass is 10.3. The minimum absolute atomic E-state index is 0.213. The van der Waals surface area contributed by atoms with Crippen LogP contribution in [0.25, 0.3) is 0 Å². The van der Waals surface area contributed by atoms with Gasteiger partial charge in [0.1, 0.15) is 0 Å². The maximum Gasteiger partial charge on any atom is 0.500 e. The fourth-order valence-electron chi connectivity index (χ4n) is 5.76. The number of nitrogens with zero attached hydrogens (tertiary/aromatic N) is 3. The monoisotopic (exact) mass is 790 g/mol. The van der Waals surface area contributed by atoms with Gasteiger partial charge in [0, 0.05) is 60.8 Å². The van der Waals surface area contributed by atoms with Crippen molar-refractivity contribution in [2.75, 3.05) is 95.0 Å². The molecule has 4 unspecified atom stereocenters. The Morgan fingerprint density at radius 1 is 0.627 bits per heavy atom. The molecule has 0 aromatic rings. The molecule has 13 nitrogen and oxygen atoms in total. The van der Waals surface area contributed by atoms with Crippen LogP contribution >= 0.6 is 0 Å². The van der Waals surface area contributed by atoms with Gasteiger partial charge >= 0.3 is 26.3 Å². The van der Waals surface area contributed by atoms with Gasteiger partial charge in [-0.1, -0.05) is 41.0 Å². The van der Waals surface area contributed by atoms with Gasteiger partial charge in [-0.15, -0.1) is 0 Å². The predicted octanol–water partition coefficient (Wildman–Crippen LogP) is 5.20. The standard InChI is InChI=1S/C22H52N2O6Si2.C9H21NO2Si.C4H10O2/c1-11-23(12-2)17-15-19-31(25-7,26-8)29-21(5)22(6)30-32(27-9,28-10)20-16-18-24(13-3)14-4;1-4-5-7-10-8-6-9-13(10,11-2)12-3;1-3(5)4(2)6/h21-22H,11-20H2,1-10H3;4-9H2,1-3H3;3-6H,1-2H3. The van der Waals surface area contributed by atoms with Gasteiger partial charge in [0.25, 0.3) is 0 Å². The molecule has 4 atom stereocenters. The quantitative estimate of drug-likeness (QED) is 0.106. The van der Waals surface area contributed by atoms with Crippen LogP contribution in [0, 0.1) is 0 Å². The van der Waals surface area contributed by atoms with Gasteiger partial charge in [-0.25, -0.2) is 0 Å². The van der Waals surface area contributed by atoms with E-state index in [-0.39, 0.29) is 12.2 Å². The highest BCUT2D eigenvalue weighted by molar-refractivity contribution is 6.65. The van der Waals surface area contributed by atoms with E-state index in [1.54, 1.807) is 56.5 Å². The smallest absolute Gasteiger partial charge is 0.391 e. The summed E-state index contributed by atoms with van der Waals surface area (Å²) in [7, 11) is 2.83. The molecule has 2 N–H and O–H groups in total. The molecule has 1 aliphatic heterocycles. The maximum absolute atomic E-state index is 8.38. The van der Waals surface area contributed by atoms with Crippen LogP contribution in [-0.4, -0.2) is 170 Å². The predicted molar refractivity (Wildman–Crippen MR) is 214 cm³/mol. The van der Waals surface area contributed by atoms with Crippen LogP contribution in [0.3, 0.4) is 0 Å². The normalized spacial score (nSPS) is 17.5. The summed E-state index contributed by atoms with van der Waals surface area (Å²) in [6.45, 7) is 26.6. The first kappa shape index (κ1) is 53.2. The van der Waals surface area contributed by atoms with Crippen LogP contribution < -0.4 is 0 Å². The number of aliphatic hydroxyl groups is 2. The topological polar surface area (TPSA) is 124 Å². The van der Waals surface area contributed by atoms with Crippen molar-refractivity contribution in [3.05, 3.63) is 0 Å². The minimum atomic E-state index is -2.79. The first-order valence-electron chi connectivity index (χ1n) is 19.4. The van der Waals surface area contributed by atoms with Crippen LogP contribution in [0.4, 0.5) is 0 Å². The van der Waals surface area contributed by atoms with Gasteiger partial charge in [-0.2, -0.15) is 0 Å². The van der Waals surface area contributed by atoms with E-state index in [1.165, 1.54) is 19.3 Å². The molecule has 0 aromatic heterocycles. The Bertz CT molecular complexity index is 744. The summed E-state index contributed by atoms with van der Waals surface area (Å²) in [5.74, 6) is 0. The Kier molecular flexibility index (Phi) is 31.7. The summed E-state index contributed by atoms with van der Waals surface area (Å²) < 4.78 is 49.7. The summed E-state index contributed by atoms with van der Waals surface area (Å²) in [5.41, 5.74) is 0. The third kappa shape index (κ3) is 20.6. The molecule has 0 saturated carbocycles. The van der Waals surface area contributed by atoms with Crippen LogP contribution in [0.5, 0.6) is 0 Å². The second-order valence-corrected chi connectivity index (χ2v) is 22.3. The summed E-state index contributed by atoms with van der Waals surface area (Å²) in [6.07, 6.45) is 4.06. The van der Waals surface area contributed by atoms with Crippen molar-refractivity contribution in [3.63, 3.8) is 0 Å². The van der Waals surface area contributed by atoms with Crippen molar-refractivity contribution in [2.24, 2.45) is 0 Å². The van der Waals surface area contributed by atoms with Gasteiger partial charge in [-0.3, -0.25) is 4.57 Å².